The highest BCUT2D eigenvalue weighted by molar-refractivity contribution is 5.79. The number of carbonyl (C=O) groups excluding carboxylic acids is 1. The fourth-order valence-electron chi connectivity index (χ4n) is 3.42. The van der Waals surface area contributed by atoms with Gasteiger partial charge < -0.3 is 14.9 Å². The first-order chi connectivity index (χ1) is 13.5. The van der Waals surface area contributed by atoms with Gasteiger partial charge in [0, 0.05) is 32.2 Å². The van der Waals surface area contributed by atoms with Crippen LogP contribution in [0.1, 0.15) is 17.5 Å². The molecule has 0 unspecified atom stereocenters. The van der Waals surface area contributed by atoms with Gasteiger partial charge in [-0.3, -0.25) is 14.9 Å². The summed E-state index contributed by atoms with van der Waals surface area (Å²) in [7, 11) is 0. The summed E-state index contributed by atoms with van der Waals surface area (Å²) in [5.74, 6) is -0.463. The zero-order valence-corrected chi connectivity index (χ0v) is 15.4. The van der Waals surface area contributed by atoms with E-state index >= 15 is 0 Å². The van der Waals surface area contributed by atoms with Crippen molar-refractivity contribution in [2.45, 2.75) is 19.4 Å². The van der Waals surface area contributed by atoms with Gasteiger partial charge in [-0.15, -0.1) is 0 Å². The van der Waals surface area contributed by atoms with Crippen LogP contribution in [0.25, 0.3) is 0 Å². The second kappa shape index (κ2) is 8.79. The Kier molecular flexibility index (Phi) is 6.20. The molecule has 0 bridgehead atoms. The molecule has 1 N–H and O–H groups in total. The van der Waals surface area contributed by atoms with Crippen LogP contribution in [-0.4, -0.2) is 47.0 Å². The van der Waals surface area contributed by atoms with E-state index in [-0.39, 0.29) is 30.4 Å². The van der Waals surface area contributed by atoms with Crippen LogP contribution in [0.4, 0.5) is 15.8 Å². The van der Waals surface area contributed by atoms with Crippen molar-refractivity contribution in [2.75, 3.05) is 31.1 Å². The van der Waals surface area contributed by atoms with Crippen LogP contribution in [0.3, 0.4) is 0 Å². The van der Waals surface area contributed by atoms with E-state index in [0.717, 1.165) is 0 Å². The molecule has 1 heterocycles. The van der Waals surface area contributed by atoms with E-state index in [1.54, 1.807) is 23.1 Å². The summed E-state index contributed by atoms with van der Waals surface area (Å²) < 4.78 is 13.3. The maximum atomic E-state index is 13.3. The van der Waals surface area contributed by atoms with Crippen LogP contribution in [-0.2, 0) is 17.8 Å². The van der Waals surface area contributed by atoms with Gasteiger partial charge in [0.05, 0.1) is 18.0 Å². The van der Waals surface area contributed by atoms with Gasteiger partial charge in [0.15, 0.2) is 0 Å². The summed E-state index contributed by atoms with van der Waals surface area (Å²) in [4.78, 5) is 27.1. The number of halogens is 1. The molecule has 0 saturated carbocycles. The number of anilines is 1. The number of carbonyl (C=O) groups is 1. The minimum Gasteiger partial charge on any atom is -0.392 e. The molecule has 3 rings (SSSR count). The molecule has 7 nitrogen and oxygen atoms in total. The van der Waals surface area contributed by atoms with E-state index in [9.17, 15) is 24.4 Å². The molecular weight excluding hydrogens is 365 g/mol. The van der Waals surface area contributed by atoms with Gasteiger partial charge in [0.1, 0.15) is 11.5 Å². The van der Waals surface area contributed by atoms with Gasteiger partial charge in [-0.1, -0.05) is 12.1 Å². The van der Waals surface area contributed by atoms with E-state index in [0.29, 0.717) is 49.4 Å². The molecule has 1 aliphatic rings. The first-order valence-corrected chi connectivity index (χ1v) is 9.13. The first kappa shape index (κ1) is 19.8. The normalized spacial score (nSPS) is 14.6. The summed E-state index contributed by atoms with van der Waals surface area (Å²) in [5, 5.41) is 20.7. The second-order valence-electron chi connectivity index (χ2n) is 6.77. The lowest BCUT2D eigenvalue weighted by molar-refractivity contribution is -0.384. The number of rotatable bonds is 5. The minimum absolute atomic E-state index is 0.0169. The number of amides is 1. The number of nitro groups is 1. The van der Waals surface area contributed by atoms with Crippen molar-refractivity contribution in [3.63, 3.8) is 0 Å². The Labute approximate surface area is 162 Å². The topological polar surface area (TPSA) is 86.9 Å². The van der Waals surface area contributed by atoms with Crippen molar-refractivity contribution in [3.8, 4) is 0 Å². The Balaban J connectivity index is 1.71. The lowest BCUT2D eigenvalue weighted by Crippen LogP contribution is -2.36. The van der Waals surface area contributed by atoms with Crippen LogP contribution in [0, 0.1) is 15.9 Å². The zero-order valence-electron chi connectivity index (χ0n) is 15.4. The molecule has 0 aromatic heterocycles. The Morgan fingerprint density at radius 3 is 2.64 bits per heavy atom. The van der Waals surface area contributed by atoms with E-state index in [2.05, 4.69) is 0 Å². The number of benzene rings is 2. The summed E-state index contributed by atoms with van der Waals surface area (Å²) in [5.41, 5.74) is 1.66. The highest BCUT2D eigenvalue weighted by Crippen LogP contribution is 2.30. The molecule has 1 fully saturated rings. The Hall–Kier alpha value is -3.00. The summed E-state index contributed by atoms with van der Waals surface area (Å²) in [6.45, 7) is 1.79. The standard InChI is InChI=1S/C20H22FN3O4/c21-17-4-1-3-15(11-17)13-20(26)23-8-2-7-22(9-10-23)19-12-16(14-25)5-6-18(19)24(27)28/h1,3-6,11-12,25H,2,7-10,13-14H2. The molecule has 0 atom stereocenters. The largest absolute Gasteiger partial charge is 0.392 e. The van der Waals surface area contributed by atoms with E-state index in [4.69, 9.17) is 0 Å². The van der Waals surface area contributed by atoms with Crippen LogP contribution < -0.4 is 4.90 Å². The lowest BCUT2D eigenvalue weighted by Gasteiger charge is -2.24. The molecule has 0 spiro atoms. The van der Waals surface area contributed by atoms with Crippen molar-refractivity contribution in [2.24, 2.45) is 0 Å². The molecular formula is C20H22FN3O4. The van der Waals surface area contributed by atoms with Crippen LogP contribution in [0.15, 0.2) is 42.5 Å². The molecule has 8 heteroatoms. The van der Waals surface area contributed by atoms with Gasteiger partial charge in [0.2, 0.25) is 5.91 Å². The molecule has 2 aromatic carbocycles. The van der Waals surface area contributed by atoms with Crippen LogP contribution in [0.5, 0.6) is 0 Å². The average molecular weight is 387 g/mol. The SMILES string of the molecule is O=C(Cc1cccc(F)c1)N1CCCN(c2cc(CO)ccc2[N+](=O)[O-])CC1. The number of nitro benzene ring substituents is 1. The number of aliphatic hydroxyl groups is 1. The predicted octanol–water partition coefficient (Wildman–Crippen LogP) is 2.51. The molecule has 1 amide bonds. The zero-order chi connectivity index (χ0) is 20.1. The third-order valence-electron chi connectivity index (χ3n) is 4.85. The molecule has 1 saturated heterocycles. The minimum atomic E-state index is -0.436. The van der Waals surface area contributed by atoms with Gasteiger partial charge >= 0.3 is 0 Å². The third kappa shape index (κ3) is 4.64. The Morgan fingerprint density at radius 2 is 1.93 bits per heavy atom. The molecule has 1 aliphatic heterocycles. The first-order valence-electron chi connectivity index (χ1n) is 9.13. The highest BCUT2D eigenvalue weighted by Gasteiger charge is 2.24. The lowest BCUT2D eigenvalue weighted by atomic mass is 10.1. The summed E-state index contributed by atoms with van der Waals surface area (Å²) in [6, 6.07) is 10.6. The predicted molar refractivity (Wildman–Crippen MR) is 103 cm³/mol. The second-order valence-corrected chi connectivity index (χ2v) is 6.77. The fraction of sp³-hybridized carbons (Fsp3) is 0.350. The quantitative estimate of drug-likeness (QED) is 0.629. The maximum absolute atomic E-state index is 13.3. The summed E-state index contributed by atoms with van der Waals surface area (Å²) >= 11 is 0. The molecule has 148 valence electrons. The van der Waals surface area contributed by atoms with Crippen molar-refractivity contribution in [3.05, 3.63) is 69.5 Å². The smallest absolute Gasteiger partial charge is 0.292 e. The van der Waals surface area contributed by atoms with Crippen LogP contribution in [0.2, 0.25) is 0 Å². The van der Waals surface area contributed by atoms with E-state index in [1.165, 1.54) is 24.3 Å². The Morgan fingerprint density at radius 1 is 1.11 bits per heavy atom. The van der Waals surface area contributed by atoms with Gasteiger partial charge in [-0.2, -0.15) is 0 Å². The van der Waals surface area contributed by atoms with Crippen LogP contribution >= 0.6 is 0 Å². The van der Waals surface area contributed by atoms with Crippen molar-refractivity contribution in [1.82, 2.24) is 4.90 Å². The number of hydrogen-bond acceptors (Lipinski definition) is 5. The van der Waals surface area contributed by atoms with Gasteiger partial charge in [0.25, 0.3) is 5.69 Å². The van der Waals surface area contributed by atoms with Gasteiger partial charge in [-0.05, 0) is 41.8 Å². The summed E-state index contributed by atoms with van der Waals surface area (Å²) in [6.07, 6.45) is 0.785. The average Bonchev–Trinajstić information content (AvgIpc) is 2.93. The number of hydrogen-bond donors (Lipinski definition) is 1. The third-order valence-corrected chi connectivity index (χ3v) is 4.85. The maximum Gasteiger partial charge on any atom is 0.292 e. The van der Waals surface area contributed by atoms with Gasteiger partial charge in [-0.25, -0.2) is 4.39 Å². The Bertz CT molecular complexity index is 874. The molecule has 0 aliphatic carbocycles. The highest BCUT2D eigenvalue weighted by atomic mass is 19.1. The molecule has 0 radical (unpaired) electrons. The van der Waals surface area contributed by atoms with Crippen molar-refractivity contribution >= 4 is 17.3 Å². The fourth-order valence-corrected chi connectivity index (χ4v) is 3.42. The number of aliphatic hydroxyl groups excluding tert-OH is 1. The van der Waals surface area contributed by atoms with Crippen molar-refractivity contribution in [1.29, 1.82) is 0 Å². The van der Waals surface area contributed by atoms with E-state index < -0.39 is 4.92 Å². The monoisotopic (exact) mass is 387 g/mol. The molecule has 2 aromatic rings. The number of nitrogens with zero attached hydrogens (tertiary/aromatic N) is 3. The van der Waals surface area contributed by atoms with Crippen molar-refractivity contribution < 1.29 is 19.2 Å². The molecule has 28 heavy (non-hydrogen) atoms. The van der Waals surface area contributed by atoms with E-state index in [1.807, 2.05) is 4.90 Å².